The second-order valence-corrected chi connectivity index (χ2v) is 7.02. The van der Waals surface area contributed by atoms with Crippen molar-refractivity contribution >= 4 is 23.2 Å². The Morgan fingerprint density at radius 1 is 1.17 bits per heavy atom. The van der Waals surface area contributed by atoms with Crippen molar-refractivity contribution in [2.24, 2.45) is 0 Å². The first kappa shape index (κ1) is 16.7. The van der Waals surface area contributed by atoms with Crippen LogP contribution in [0, 0.1) is 0 Å². The van der Waals surface area contributed by atoms with Gasteiger partial charge in [-0.25, -0.2) is 0 Å². The predicted octanol–water partition coefficient (Wildman–Crippen LogP) is 2.50. The Morgan fingerprint density at radius 3 is 2.54 bits per heavy atom. The van der Waals surface area contributed by atoms with Crippen LogP contribution in [0.5, 0.6) is 0 Å². The summed E-state index contributed by atoms with van der Waals surface area (Å²) in [6.07, 6.45) is 0.828. The average Bonchev–Trinajstić information content (AvgIpc) is 3.09. The standard InChI is InChI=1S/C18H19NO4S/c20-16(21)12-13-3-1-4-14(11-13)18(23)6-8-19(9-7-18)17(22)15-5-2-10-24-15/h1-5,10-11,23H,6-9,12H2,(H,20,21). The second-order valence-electron chi connectivity index (χ2n) is 6.07. The van der Waals surface area contributed by atoms with Gasteiger partial charge in [0.15, 0.2) is 0 Å². The molecule has 3 rings (SSSR count). The number of carbonyl (C=O) groups excluding carboxylic acids is 1. The lowest BCUT2D eigenvalue weighted by Crippen LogP contribution is -2.45. The second kappa shape index (κ2) is 6.75. The zero-order valence-corrected chi connectivity index (χ0v) is 14.0. The molecule has 1 saturated heterocycles. The molecular weight excluding hydrogens is 326 g/mol. The summed E-state index contributed by atoms with van der Waals surface area (Å²) in [5.41, 5.74) is 0.385. The maximum Gasteiger partial charge on any atom is 0.307 e. The largest absolute Gasteiger partial charge is 0.481 e. The van der Waals surface area contributed by atoms with Crippen molar-refractivity contribution in [3.05, 3.63) is 57.8 Å². The van der Waals surface area contributed by atoms with Crippen molar-refractivity contribution in [1.29, 1.82) is 0 Å². The summed E-state index contributed by atoms with van der Waals surface area (Å²) in [4.78, 5) is 25.7. The number of nitrogens with zero attached hydrogens (tertiary/aromatic N) is 1. The first-order valence-electron chi connectivity index (χ1n) is 7.84. The maximum atomic E-state index is 12.4. The number of carboxylic acids is 1. The fraction of sp³-hybridized carbons (Fsp3) is 0.333. The van der Waals surface area contributed by atoms with Gasteiger partial charge in [0.2, 0.25) is 0 Å². The average molecular weight is 345 g/mol. The fourth-order valence-electron chi connectivity index (χ4n) is 3.07. The van der Waals surface area contributed by atoms with E-state index in [0.717, 1.165) is 5.56 Å². The fourth-order valence-corrected chi connectivity index (χ4v) is 3.76. The third-order valence-corrected chi connectivity index (χ3v) is 5.29. The van der Waals surface area contributed by atoms with Gasteiger partial charge in [-0.05, 0) is 35.4 Å². The molecule has 2 aromatic rings. The molecule has 24 heavy (non-hydrogen) atoms. The summed E-state index contributed by atoms with van der Waals surface area (Å²) in [5, 5.41) is 21.7. The number of amides is 1. The van der Waals surface area contributed by atoms with E-state index < -0.39 is 11.6 Å². The van der Waals surface area contributed by atoms with Crippen LogP contribution in [-0.4, -0.2) is 40.1 Å². The summed E-state index contributed by atoms with van der Waals surface area (Å²) in [7, 11) is 0. The molecule has 0 bridgehead atoms. The van der Waals surface area contributed by atoms with Gasteiger partial charge in [-0.2, -0.15) is 0 Å². The molecule has 0 unspecified atom stereocenters. The molecule has 126 valence electrons. The van der Waals surface area contributed by atoms with Gasteiger partial charge in [-0.15, -0.1) is 11.3 Å². The van der Waals surface area contributed by atoms with E-state index in [2.05, 4.69) is 0 Å². The van der Waals surface area contributed by atoms with Crippen LogP contribution in [0.2, 0.25) is 0 Å². The zero-order chi connectivity index (χ0) is 17.2. The van der Waals surface area contributed by atoms with Gasteiger partial charge in [0.25, 0.3) is 5.91 Å². The third kappa shape index (κ3) is 3.49. The minimum atomic E-state index is -1.01. The molecule has 1 amide bonds. The minimum Gasteiger partial charge on any atom is -0.481 e. The summed E-state index contributed by atoms with van der Waals surface area (Å²) < 4.78 is 0. The van der Waals surface area contributed by atoms with E-state index in [9.17, 15) is 14.7 Å². The number of hydrogen-bond donors (Lipinski definition) is 2. The SMILES string of the molecule is O=C(O)Cc1cccc(C2(O)CCN(C(=O)c3cccs3)CC2)c1. The Balaban J connectivity index is 1.70. The molecule has 0 spiro atoms. The highest BCUT2D eigenvalue weighted by atomic mass is 32.1. The van der Waals surface area contributed by atoms with Gasteiger partial charge in [0.05, 0.1) is 16.9 Å². The molecule has 1 aromatic carbocycles. The van der Waals surface area contributed by atoms with Gasteiger partial charge in [0, 0.05) is 13.1 Å². The molecule has 2 N–H and O–H groups in total. The van der Waals surface area contributed by atoms with Gasteiger partial charge in [0.1, 0.15) is 0 Å². The molecule has 5 nitrogen and oxygen atoms in total. The molecule has 0 atom stereocenters. The van der Waals surface area contributed by atoms with Crippen LogP contribution in [0.4, 0.5) is 0 Å². The van der Waals surface area contributed by atoms with Crippen LogP contribution >= 0.6 is 11.3 Å². The molecule has 0 radical (unpaired) electrons. The van der Waals surface area contributed by atoms with Crippen molar-refractivity contribution in [3.8, 4) is 0 Å². The van der Waals surface area contributed by atoms with Crippen LogP contribution in [0.3, 0.4) is 0 Å². The molecule has 0 aliphatic carbocycles. The van der Waals surface area contributed by atoms with E-state index in [4.69, 9.17) is 5.11 Å². The van der Waals surface area contributed by atoms with E-state index in [1.54, 1.807) is 23.1 Å². The predicted molar refractivity (Wildman–Crippen MR) is 91.1 cm³/mol. The molecule has 0 saturated carbocycles. The van der Waals surface area contributed by atoms with Crippen LogP contribution in [0.15, 0.2) is 41.8 Å². The van der Waals surface area contributed by atoms with E-state index in [1.807, 2.05) is 23.6 Å². The summed E-state index contributed by atoms with van der Waals surface area (Å²) in [5.74, 6) is -0.887. The smallest absolute Gasteiger partial charge is 0.307 e. The number of aliphatic carboxylic acids is 1. The topological polar surface area (TPSA) is 77.8 Å². The Kier molecular flexibility index (Phi) is 4.69. The normalized spacial score (nSPS) is 16.8. The van der Waals surface area contributed by atoms with Crippen molar-refractivity contribution in [2.45, 2.75) is 24.9 Å². The molecule has 1 aliphatic rings. The number of piperidine rings is 1. The lowest BCUT2D eigenvalue weighted by atomic mass is 9.83. The lowest BCUT2D eigenvalue weighted by molar-refractivity contribution is -0.136. The van der Waals surface area contributed by atoms with E-state index in [-0.39, 0.29) is 12.3 Å². The third-order valence-electron chi connectivity index (χ3n) is 4.43. The van der Waals surface area contributed by atoms with Crippen molar-refractivity contribution in [1.82, 2.24) is 4.90 Å². The van der Waals surface area contributed by atoms with Gasteiger partial charge < -0.3 is 15.1 Å². The molecule has 1 fully saturated rings. The summed E-state index contributed by atoms with van der Waals surface area (Å²) in [6.45, 7) is 0.965. The summed E-state index contributed by atoms with van der Waals surface area (Å²) >= 11 is 1.42. The monoisotopic (exact) mass is 345 g/mol. The van der Waals surface area contributed by atoms with E-state index >= 15 is 0 Å². The van der Waals surface area contributed by atoms with Gasteiger partial charge in [-0.3, -0.25) is 9.59 Å². The van der Waals surface area contributed by atoms with Crippen molar-refractivity contribution in [2.75, 3.05) is 13.1 Å². The summed E-state index contributed by atoms with van der Waals surface area (Å²) in [6, 6.07) is 10.8. The van der Waals surface area contributed by atoms with Crippen LogP contribution < -0.4 is 0 Å². The quantitative estimate of drug-likeness (QED) is 0.892. The number of rotatable bonds is 4. The molecule has 1 aromatic heterocycles. The van der Waals surface area contributed by atoms with Crippen molar-refractivity contribution in [3.63, 3.8) is 0 Å². The highest BCUT2D eigenvalue weighted by molar-refractivity contribution is 7.12. The Labute approximate surface area is 144 Å². The van der Waals surface area contributed by atoms with Gasteiger partial charge >= 0.3 is 5.97 Å². The highest BCUT2D eigenvalue weighted by Gasteiger charge is 2.35. The number of benzene rings is 1. The zero-order valence-electron chi connectivity index (χ0n) is 13.1. The number of aliphatic hydroxyl groups is 1. The molecule has 1 aliphatic heterocycles. The highest BCUT2D eigenvalue weighted by Crippen LogP contribution is 2.34. The van der Waals surface area contributed by atoms with Crippen LogP contribution in [0.25, 0.3) is 0 Å². The van der Waals surface area contributed by atoms with Crippen LogP contribution in [0.1, 0.15) is 33.6 Å². The number of likely N-dealkylation sites (tertiary alicyclic amines) is 1. The number of hydrogen-bond acceptors (Lipinski definition) is 4. The minimum absolute atomic E-state index is 0.00618. The number of carbonyl (C=O) groups is 2. The molecular formula is C18H19NO4S. The first-order valence-corrected chi connectivity index (χ1v) is 8.72. The Bertz CT molecular complexity index is 733. The number of thiophene rings is 1. The van der Waals surface area contributed by atoms with E-state index in [0.29, 0.717) is 36.4 Å². The van der Waals surface area contributed by atoms with Crippen molar-refractivity contribution < 1.29 is 19.8 Å². The lowest BCUT2D eigenvalue weighted by Gasteiger charge is -2.38. The molecule has 6 heteroatoms. The first-order chi connectivity index (χ1) is 11.5. The maximum absolute atomic E-state index is 12.4. The van der Waals surface area contributed by atoms with Gasteiger partial charge in [-0.1, -0.05) is 30.3 Å². The van der Waals surface area contributed by atoms with E-state index in [1.165, 1.54) is 11.3 Å². The molecule has 2 heterocycles. The Hall–Kier alpha value is -2.18. The van der Waals surface area contributed by atoms with Crippen LogP contribution in [-0.2, 0) is 16.8 Å². The Morgan fingerprint density at radius 2 is 1.92 bits per heavy atom. The number of carboxylic acid groups (broad SMARTS) is 1.